The monoisotopic (exact) mass is 333 g/mol. The second kappa shape index (κ2) is 10.2. The Labute approximate surface area is 147 Å². The van der Waals surface area contributed by atoms with Crippen LogP contribution in [-0.2, 0) is 6.42 Å². The molecule has 136 valence electrons. The van der Waals surface area contributed by atoms with E-state index >= 15 is 0 Å². The average Bonchev–Trinajstić information content (AvgIpc) is 2.86. The SMILES string of the molecule is CCC(O)CCCCCCC1CC(O)C(Cc2ccccc2)N1C. The van der Waals surface area contributed by atoms with Crippen LogP contribution in [0.4, 0.5) is 0 Å². The molecule has 1 aliphatic rings. The molecule has 0 bridgehead atoms. The van der Waals surface area contributed by atoms with E-state index in [1.54, 1.807) is 0 Å². The lowest BCUT2D eigenvalue weighted by atomic mass is 10.0. The van der Waals surface area contributed by atoms with Crippen molar-refractivity contribution in [3.63, 3.8) is 0 Å². The molecule has 1 saturated heterocycles. The number of hydrogen-bond acceptors (Lipinski definition) is 3. The van der Waals surface area contributed by atoms with Gasteiger partial charge >= 0.3 is 0 Å². The van der Waals surface area contributed by atoms with Gasteiger partial charge < -0.3 is 10.2 Å². The molecule has 2 N–H and O–H groups in total. The molecule has 1 aromatic rings. The summed E-state index contributed by atoms with van der Waals surface area (Å²) < 4.78 is 0. The second-order valence-electron chi connectivity index (χ2n) is 7.43. The molecule has 0 radical (unpaired) electrons. The number of likely N-dealkylation sites (tertiary alicyclic amines) is 1. The summed E-state index contributed by atoms with van der Waals surface area (Å²) in [5.41, 5.74) is 1.31. The molecule has 0 saturated carbocycles. The molecule has 3 heteroatoms. The number of likely N-dealkylation sites (N-methyl/N-ethyl adjacent to an activating group) is 1. The molecule has 0 aliphatic carbocycles. The van der Waals surface area contributed by atoms with E-state index in [0.29, 0.717) is 6.04 Å². The van der Waals surface area contributed by atoms with E-state index in [1.807, 2.05) is 13.0 Å². The van der Waals surface area contributed by atoms with Crippen molar-refractivity contribution in [2.75, 3.05) is 7.05 Å². The highest BCUT2D eigenvalue weighted by Crippen LogP contribution is 2.29. The molecule has 1 fully saturated rings. The van der Waals surface area contributed by atoms with Gasteiger partial charge in [0.25, 0.3) is 0 Å². The van der Waals surface area contributed by atoms with Crippen molar-refractivity contribution in [3.05, 3.63) is 35.9 Å². The maximum atomic E-state index is 10.5. The van der Waals surface area contributed by atoms with Crippen LogP contribution in [0.2, 0.25) is 0 Å². The van der Waals surface area contributed by atoms with Gasteiger partial charge in [-0.15, -0.1) is 0 Å². The number of aliphatic hydroxyl groups is 2. The Morgan fingerprint density at radius 2 is 1.83 bits per heavy atom. The van der Waals surface area contributed by atoms with Gasteiger partial charge in [-0.05, 0) is 44.7 Å². The maximum Gasteiger partial charge on any atom is 0.0713 e. The third-order valence-electron chi connectivity index (χ3n) is 5.64. The topological polar surface area (TPSA) is 43.7 Å². The van der Waals surface area contributed by atoms with Crippen molar-refractivity contribution in [3.8, 4) is 0 Å². The fraction of sp³-hybridized carbons (Fsp3) is 0.714. The van der Waals surface area contributed by atoms with E-state index in [1.165, 1.54) is 31.2 Å². The van der Waals surface area contributed by atoms with Gasteiger partial charge in [0.2, 0.25) is 0 Å². The van der Waals surface area contributed by atoms with Crippen molar-refractivity contribution in [2.45, 2.75) is 89.0 Å². The third-order valence-corrected chi connectivity index (χ3v) is 5.64. The minimum absolute atomic E-state index is 0.111. The Hall–Kier alpha value is -0.900. The largest absolute Gasteiger partial charge is 0.393 e. The van der Waals surface area contributed by atoms with Crippen LogP contribution in [0.1, 0.15) is 63.9 Å². The molecule has 0 spiro atoms. The zero-order valence-corrected chi connectivity index (χ0v) is 15.4. The molecular formula is C21H35NO2. The van der Waals surface area contributed by atoms with Crippen molar-refractivity contribution in [1.29, 1.82) is 0 Å². The highest BCUT2D eigenvalue weighted by molar-refractivity contribution is 5.17. The molecule has 1 aromatic carbocycles. The van der Waals surface area contributed by atoms with Crippen LogP contribution >= 0.6 is 0 Å². The van der Waals surface area contributed by atoms with E-state index in [4.69, 9.17) is 0 Å². The van der Waals surface area contributed by atoms with Crippen molar-refractivity contribution >= 4 is 0 Å². The normalized spacial score (nSPS) is 25.9. The molecule has 4 unspecified atom stereocenters. The van der Waals surface area contributed by atoms with Gasteiger partial charge in [-0.2, -0.15) is 0 Å². The Morgan fingerprint density at radius 1 is 1.12 bits per heavy atom. The van der Waals surface area contributed by atoms with Gasteiger partial charge in [0.15, 0.2) is 0 Å². The van der Waals surface area contributed by atoms with Crippen LogP contribution in [-0.4, -0.2) is 46.5 Å². The van der Waals surface area contributed by atoms with E-state index < -0.39 is 0 Å². The zero-order chi connectivity index (χ0) is 17.4. The first-order chi connectivity index (χ1) is 11.6. The van der Waals surface area contributed by atoms with E-state index in [2.05, 4.69) is 36.2 Å². The summed E-state index contributed by atoms with van der Waals surface area (Å²) in [4.78, 5) is 2.40. The first kappa shape index (κ1) is 19.4. The van der Waals surface area contributed by atoms with E-state index in [0.717, 1.165) is 32.1 Å². The van der Waals surface area contributed by atoms with Crippen molar-refractivity contribution < 1.29 is 10.2 Å². The van der Waals surface area contributed by atoms with Crippen LogP contribution in [0.3, 0.4) is 0 Å². The fourth-order valence-corrected chi connectivity index (χ4v) is 3.92. The number of rotatable bonds is 10. The molecule has 24 heavy (non-hydrogen) atoms. The number of hydrogen-bond donors (Lipinski definition) is 2. The van der Waals surface area contributed by atoms with E-state index in [9.17, 15) is 10.2 Å². The van der Waals surface area contributed by atoms with Gasteiger partial charge in [-0.25, -0.2) is 0 Å². The van der Waals surface area contributed by atoms with Crippen LogP contribution in [0, 0.1) is 0 Å². The molecule has 1 heterocycles. The summed E-state index contributed by atoms with van der Waals surface area (Å²) in [5.74, 6) is 0. The zero-order valence-electron chi connectivity index (χ0n) is 15.4. The molecule has 3 nitrogen and oxygen atoms in total. The number of aliphatic hydroxyl groups excluding tert-OH is 2. The van der Waals surface area contributed by atoms with Crippen molar-refractivity contribution in [2.24, 2.45) is 0 Å². The van der Waals surface area contributed by atoms with Crippen LogP contribution in [0.5, 0.6) is 0 Å². The second-order valence-corrected chi connectivity index (χ2v) is 7.43. The quantitative estimate of drug-likeness (QED) is 0.641. The minimum Gasteiger partial charge on any atom is -0.393 e. The molecule has 1 aliphatic heterocycles. The lowest BCUT2D eigenvalue weighted by Crippen LogP contribution is -2.37. The Bertz CT molecular complexity index is 450. The summed E-state index contributed by atoms with van der Waals surface area (Å²) in [6.07, 6.45) is 9.31. The minimum atomic E-state index is -0.208. The Morgan fingerprint density at radius 3 is 2.54 bits per heavy atom. The number of benzene rings is 1. The predicted octanol–water partition coefficient (Wildman–Crippen LogP) is 3.77. The smallest absolute Gasteiger partial charge is 0.0713 e. The predicted molar refractivity (Wildman–Crippen MR) is 100 cm³/mol. The third kappa shape index (κ3) is 5.87. The molecule has 0 amide bonds. The Kier molecular flexibility index (Phi) is 8.23. The Balaban J connectivity index is 1.67. The number of nitrogens with zero attached hydrogens (tertiary/aromatic N) is 1. The summed E-state index contributed by atoms with van der Waals surface area (Å²) in [7, 11) is 2.17. The highest BCUT2D eigenvalue weighted by Gasteiger charge is 2.37. The molecule has 4 atom stereocenters. The molecular weight excluding hydrogens is 298 g/mol. The average molecular weight is 334 g/mol. The summed E-state index contributed by atoms with van der Waals surface area (Å²) in [6.45, 7) is 2.04. The number of unbranched alkanes of at least 4 members (excludes halogenated alkanes) is 3. The first-order valence-electron chi connectivity index (χ1n) is 9.73. The summed E-state index contributed by atoms with van der Waals surface area (Å²) in [6, 6.07) is 11.2. The van der Waals surface area contributed by atoms with Gasteiger partial charge in [0.05, 0.1) is 12.2 Å². The van der Waals surface area contributed by atoms with Gasteiger partial charge in [0, 0.05) is 12.1 Å². The van der Waals surface area contributed by atoms with Crippen LogP contribution in [0.15, 0.2) is 30.3 Å². The van der Waals surface area contributed by atoms with Crippen LogP contribution < -0.4 is 0 Å². The summed E-state index contributed by atoms with van der Waals surface area (Å²) in [5, 5.41) is 20.0. The molecule has 2 rings (SSSR count). The standard InChI is InChI=1S/C21H35NO2/c1-3-19(23)14-10-5-4-9-13-18-16-21(24)20(22(18)2)15-17-11-7-6-8-12-17/h6-8,11-12,18-21,23-24H,3-5,9-10,13-16H2,1-2H3. The fourth-order valence-electron chi connectivity index (χ4n) is 3.92. The van der Waals surface area contributed by atoms with Gasteiger partial charge in [-0.1, -0.05) is 62.9 Å². The highest BCUT2D eigenvalue weighted by atomic mass is 16.3. The van der Waals surface area contributed by atoms with E-state index in [-0.39, 0.29) is 18.2 Å². The lowest BCUT2D eigenvalue weighted by Gasteiger charge is -2.26. The lowest BCUT2D eigenvalue weighted by molar-refractivity contribution is 0.123. The van der Waals surface area contributed by atoms with Crippen LogP contribution in [0.25, 0.3) is 0 Å². The van der Waals surface area contributed by atoms with Gasteiger partial charge in [-0.3, -0.25) is 4.90 Å². The first-order valence-corrected chi connectivity index (χ1v) is 9.73. The summed E-state index contributed by atoms with van der Waals surface area (Å²) >= 11 is 0. The van der Waals surface area contributed by atoms with Crippen molar-refractivity contribution in [1.82, 2.24) is 4.90 Å². The molecule has 0 aromatic heterocycles. The van der Waals surface area contributed by atoms with Gasteiger partial charge in [0.1, 0.15) is 0 Å². The maximum absolute atomic E-state index is 10.5.